The first kappa shape index (κ1) is 21.3. The topological polar surface area (TPSA) is 64.1 Å². The van der Waals surface area contributed by atoms with Crippen molar-refractivity contribution in [3.63, 3.8) is 0 Å². The van der Waals surface area contributed by atoms with Crippen LogP contribution >= 0.6 is 0 Å². The zero-order valence-corrected chi connectivity index (χ0v) is 18.0. The maximum absolute atomic E-state index is 12.7. The van der Waals surface area contributed by atoms with Gasteiger partial charge in [-0.15, -0.1) is 0 Å². The summed E-state index contributed by atoms with van der Waals surface area (Å²) in [7, 11) is 0. The SMILES string of the molecule is Cc1cc(C)cc(Cc2c(C(C)C)c(=O)[nH]c(=O)n2COCC2CC=CCC2)c1. The zero-order chi connectivity index (χ0) is 21.0. The minimum Gasteiger partial charge on any atom is -0.360 e. The average Bonchev–Trinajstić information content (AvgIpc) is 2.63. The molecular weight excluding hydrogens is 364 g/mol. The quantitative estimate of drug-likeness (QED) is 0.714. The summed E-state index contributed by atoms with van der Waals surface area (Å²) in [5.74, 6) is 0.501. The predicted octanol–water partition coefficient (Wildman–Crippen LogP) is 4.20. The number of aromatic amines is 1. The number of H-pyrrole nitrogens is 1. The van der Waals surface area contributed by atoms with E-state index in [1.807, 2.05) is 13.8 Å². The molecule has 5 nitrogen and oxygen atoms in total. The molecule has 1 unspecified atom stereocenters. The lowest BCUT2D eigenvalue weighted by atomic mass is 9.95. The van der Waals surface area contributed by atoms with E-state index >= 15 is 0 Å². The van der Waals surface area contributed by atoms with Crippen LogP contribution in [0.2, 0.25) is 0 Å². The second-order valence-electron chi connectivity index (χ2n) is 8.53. The van der Waals surface area contributed by atoms with Crippen LogP contribution in [0.3, 0.4) is 0 Å². The average molecular weight is 397 g/mol. The Bertz CT molecular complexity index is 978. The Morgan fingerprint density at radius 1 is 1.14 bits per heavy atom. The van der Waals surface area contributed by atoms with Crippen LogP contribution in [0.1, 0.15) is 67.0 Å². The summed E-state index contributed by atoms with van der Waals surface area (Å²) in [6, 6.07) is 6.35. The van der Waals surface area contributed by atoms with Gasteiger partial charge in [-0.05, 0) is 50.5 Å². The van der Waals surface area contributed by atoms with Gasteiger partial charge in [-0.3, -0.25) is 14.3 Å². The fourth-order valence-corrected chi connectivity index (χ4v) is 4.24. The monoisotopic (exact) mass is 396 g/mol. The van der Waals surface area contributed by atoms with Gasteiger partial charge in [0.25, 0.3) is 5.56 Å². The van der Waals surface area contributed by atoms with Crippen molar-refractivity contribution in [2.24, 2.45) is 5.92 Å². The molecule has 0 saturated carbocycles. The molecule has 1 atom stereocenters. The lowest BCUT2D eigenvalue weighted by molar-refractivity contribution is 0.0432. The Morgan fingerprint density at radius 2 is 1.86 bits per heavy atom. The molecule has 0 aliphatic heterocycles. The third-order valence-electron chi connectivity index (χ3n) is 5.53. The molecule has 1 aromatic heterocycles. The molecule has 0 spiro atoms. The van der Waals surface area contributed by atoms with Crippen LogP contribution in [0.15, 0.2) is 39.9 Å². The maximum atomic E-state index is 12.7. The Morgan fingerprint density at radius 3 is 2.48 bits per heavy atom. The van der Waals surface area contributed by atoms with Crippen LogP contribution in [-0.4, -0.2) is 16.2 Å². The highest BCUT2D eigenvalue weighted by molar-refractivity contribution is 5.34. The normalized spacial score (nSPS) is 16.5. The molecule has 0 saturated heterocycles. The molecule has 1 heterocycles. The van der Waals surface area contributed by atoms with Gasteiger partial charge in [0.1, 0.15) is 6.73 Å². The number of aromatic nitrogens is 2. The summed E-state index contributed by atoms with van der Waals surface area (Å²) in [4.78, 5) is 27.7. The number of allylic oxidation sites excluding steroid dienone is 2. The molecule has 0 radical (unpaired) electrons. The van der Waals surface area contributed by atoms with Gasteiger partial charge in [0.2, 0.25) is 0 Å². The highest BCUT2D eigenvalue weighted by atomic mass is 16.5. The summed E-state index contributed by atoms with van der Waals surface area (Å²) in [5, 5.41) is 0. The van der Waals surface area contributed by atoms with Crippen molar-refractivity contribution < 1.29 is 4.74 Å². The minimum absolute atomic E-state index is 0.00925. The molecule has 5 heteroatoms. The molecule has 0 fully saturated rings. The summed E-state index contributed by atoms with van der Waals surface area (Å²) < 4.78 is 7.55. The second-order valence-corrected chi connectivity index (χ2v) is 8.53. The third kappa shape index (κ3) is 5.36. The first-order chi connectivity index (χ1) is 13.8. The van der Waals surface area contributed by atoms with Crippen molar-refractivity contribution in [2.45, 2.75) is 66.0 Å². The van der Waals surface area contributed by atoms with Crippen molar-refractivity contribution in [1.82, 2.24) is 9.55 Å². The van der Waals surface area contributed by atoms with E-state index in [-0.39, 0.29) is 18.2 Å². The molecule has 1 aliphatic rings. The molecule has 2 aromatic rings. The molecule has 0 bridgehead atoms. The van der Waals surface area contributed by atoms with Crippen molar-refractivity contribution in [3.05, 3.63) is 79.1 Å². The Labute approximate surface area is 172 Å². The van der Waals surface area contributed by atoms with Crippen LogP contribution in [0, 0.1) is 19.8 Å². The molecule has 156 valence electrons. The molecule has 0 amide bonds. The van der Waals surface area contributed by atoms with E-state index in [4.69, 9.17) is 4.74 Å². The zero-order valence-electron chi connectivity index (χ0n) is 18.0. The van der Waals surface area contributed by atoms with Gasteiger partial charge < -0.3 is 4.74 Å². The van der Waals surface area contributed by atoms with E-state index in [2.05, 4.69) is 49.2 Å². The molecule has 1 aliphatic carbocycles. The molecular formula is C24H32N2O3. The van der Waals surface area contributed by atoms with Gasteiger partial charge in [-0.1, -0.05) is 55.3 Å². The standard InChI is InChI=1S/C24H32N2O3/c1-16(2)22-21(13-20-11-17(3)10-18(4)12-20)26(24(28)25-23(22)27)15-29-14-19-8-6-5-7-9-19/h5-6,10-12,16,19H,7-9,13-15H2,1-4H3,(H,25,27,28). The van der Waals surface area contributed by atoms with Crippen molar-refractivity contribution >= 4 is 0 Å². The van der Waals surface area contributed by atoms with Crippen LogP contribution < -0.4 is 11.2 Å². The highest BCUT2D eigenvalue weighted by Gasteiger charge is 2.19. The van der Waals surface area contributed by atoms with E-state index in [0.29, 0.717) is 24.5 Å². The number of hydrogen-bond acceptors (Lipinski definition) is 3. The fourth-order valence-electron chi connectivity index (χ4n) is 4.24. The van der Waals surface area contributed by atoms with Crippen molar-refractivity contribution in [3.8, 4) is 0 Å². The predicted molar refractivity (Wildman–Crippen MR) is 117 cm³/mol. The van der Waals surface area contributed by atoms with Gasteiger partial charge in [-0.25, -0.2) is 4.79 Å². The first-order valence-electron chi connectivity index (χ1n) is 10.5. The van der Waals surface area contributed by atoms with Gasteiger partial charge >= 0.3 is 5.69 Å². The molecule has 3 rings (SSSR count). The summed E-state index contributed by atoms with van der Waals surface area (Å²) in [5.41, 5.74) is 4.16. The van der Waals surface area contributed by atoms with E-state index in [1.165, 1.54) is 11.1 Å². The van der Waals surface area contributed by atoms with Crippen LogP contribution in [0.4, 0.5) is 0 Å². The number of hydrogen-bond donors (Lipinski definition) is 1. The lowest BCUT2D eigenvalue weighted by Gasteiger charge is -2.21. The van der Waals surface area contributed by atoms with Gasteiger partial charge in [0, 0.05) is 17.7 Å². The number of nitrogens with zero attached hydrogens (tertiary/aromatic N) is 1. The second kappa shape index (κ2) is 9.40. The van der Waals surface area contributed by atoms with E-state index in [9.17, 15) is 9.59 Å². The molecule has 29 heavy (non-hydrogen) atoms. The number of nitrogens with one attached hydrogen (secondary N) is 1. The summed E-state index contributed by atoms with van der Waals surface area (Å²) in [6.07, 6.45) is 8.16. The Balaban J connectivity index is 1.93. The molecule has 1 aromatic carbocycles. The number of aryl methyl sites for hydroxylation is 2. The Hall–Kier alpha value is -2.40. The summed E-state index contributed by atoms with van der Waals surface area (Å²) >= 11 is 0. The smallest absolute Gasteiger partial charge is 0.330 e. The van der Waals surface area contributed by atoms with Crippen molar-refractivity contribution in [2.75, 3.05) is 6.61 Å². The number of ether oxygens (including phenoxy) is 1. The third-order valence-corrected chi connectivity index (χ3v) is 5.53. The van der Waals surface area contributed by atoms with Gasteiger partial charge in [0.15, 0.2) is 0 Å². The van der Waals surface area contributed by atoms with Gasteiger partial charge in [-0.2, -0.15) is 0 Å². The highest BCUT2D eigenvalue weighted by Crippen LogP contribution is 2.21. The first-order valence-corrected chi connectivity index (χ1v) is 10.5. The van der Waals surface area contributed by atoms with Crippen LogP contribution in [0.25, 0.3) is 0 Å². The van der Waals surface area contributed by atoms with Gasteiger partial charge in [0.05, 0.1) is 6.61 Å². The number of benzene rings is 1. The van der Waals surface area contributed by atoms with Crippen LogP contribution in [-0.2, 0) is 17.9 Å². The number of rotatable bonds is 7. The van der Waals surface area contributed by atoms with E-state index < -0.39 is 5.69 Å². The fraction of sp³-hybridized carbons (Fsp3) is 0.500. The summed E-state index contributed by atoms with van der Waals surface area (Å²) in [6.45, 7) is 8.88. The van der Waals surface area contributed by atoms with E-state index in [1.54, 1.807) is 4.57 Å². The maximum Gasteiger partial charge on any atom is 0.330 e. The minimum atomic E-state index is -0.401. The Kier molecular flexibility index (Phi) is 6.91. The van der Waals surface area contributed by atoms with Crippen molar-refractivity contribution in [1.29, 1.82) is 0 Å². The molecule has 1 N–H and O–H groups in total. The lowest BCUT2D eigenvalue weighted by Crippen LogP contribution is -2.37. The largest absolute Gasteiger partial charge is 0.360 e. The van der Waals surface area contributed by atoms with E-state index in [0.717, 1.165) is 30.5 Å². The van der Waals surface area contributed by atoms with Crippen LogP contribution in [0.5, 0.6) is 0 Å².